The number of hydrogen-bond donors (Lipinski definition) is 0. The maximum atomic E-state index is 2.35. The summed E-state index contributed by atoms with van der Waals surface area (Å²) >= 11 is 0. The molecule has 0 N–H and O–H groups in total. The van der Waals surface area contributed by atoms with Crippen LogP contribution in [-0.4, -0.2) is 0 Å². The van der Waals surface area contributed by atoms with E-state index < -0.39 is 0 Å². The fraction of sp³-hybridized carbons (Fsp3) is 0.250. The lowest BCUT2D eigenvalue weighted by molar-refractivity contribution is 0.590. The summed E-state index contributed by atoms with van der Waals surface area (Å²) in [6.07, 6.45) is 0. The topological polar surface area (TPSA) is 3.24 Å². The van der Waals surface area contributed by atoms with Gasteiger partial charge in [0.1, 0.15) is 0 Å². The van der Waals surface area contributed by atoms with Gasteiger partial charge in [0.2, 0.25) is 0 Å². The minimum absolute atomic E-state index is 0.130. The molecule has 0 aromatic heterocycles. The second kappa shape index (κ2) is 8.90. The van der Waals surface area contributed by atoms with E-state index in [1.54, 1.807) is 0 Å². The molecule has 0 saturated carbocycles. The zero-order chi connectivity index (χ0) is 23.6. The summed E-state index contributed by atoms with van der Waals surface area (Å²) in [7, 11) is 0. The highest BCUT2D eigenvalue weighted by molar-refractivity contribution is 5.80. The Bertz CT molecular complexity index is 1130. The zero-order valence-corrected chi connectivity index (χ0v) is 20.8. The molecule has 33 heavy (non-hydrogen) atoms. The highest BCUT2D eigenvalue weighted by atomic mass is 15.1. The van der Waals surface area contributed by atoms with E-state index in [0.29, 0.717) is 0 Å². The van der Waals surface area contributed by atoms with Crippen molar-refractivity contribution in [1.29, 1.82) is 0 Å². The third-order valence-electron chi connectivity index (χ3n) is 6.19. The van der Waals surface area contributed by atoms with E-state index in [1.165, 1.54) is 22.3 Å². The normalized spacial score (nSPS) is 11.9. The molecule has 0 unspecified atom stereocenters. The van der Waals surface area contributed by atoms with E-state index in [0.717, 1.165) is 17.1 Å². The SMILES string of the molecule is CC(C)(C)c1ccc(N(c2ccc(C(C)(C)C)cc2)c2cccc(-c3ccccc3)c2)cc1. The first-order chi connectivity index (χ1) is 15.6. The van der Waals surface area contributed by atoms with Crippen molar-refractivity contribution in [2.45, 2.75) is 52.4 Å². The van der Waals surface area contributed by atoms with Crippen LogP contribution in [0.2, 0.25) is 0 Å². The predicted octanol–water partition coefficient (Wildman–Crippen LogP) is 9.42. The molecule has 0 fully saturated rings. The van der Waals surface area contributed by atoms with E-state index in [-0.39, 0.29) is 10.8 Å². The molecule has 4 aromatic carbocycles. The van der Waals surface area contributed by atoms with E-state index >= 15 is 0 Å². The minimum Gasteiger partial charge on any atom is -0.310 e. The summed E-state index contributed by atoms with van der Waals surface area (Å²) < 4.78 is 0. The Hall–Kier alpha value is -3.32. The number of anilines is 3. The number of nitrogens with zero attached hydrogens (tertiary/aromatic N) is 1. The number of hydrogen-bond acceptors (Lipinski definition) is 1. The quantitative estimate of drug-likeness (QED) is 0.310. The van der Waals surface area contributed by atoms with E-state index in [9.17, 15) is 0 Å². The Morgan fingerprint density at radius 1 is 0.424 bits per heavy atom. The molecule has 0 spiro atoms. The van der Waals surface area contributed by atoms with Gasteiger partial charge in [0.05, 0.1) is 0 Å². The van der Waals surface area contributed by atoms with Gasteiger partial charge in [-0.25, -0.2) is 0 Å². The Labute approximate surface area is 199 Å². The van der Waals surface area contributed by atoms with Crippen LogP contribution in [0.15, 0.2) is 103 Å². The van der Waals surface area contributed by atoms with Crippen LogP contribution in [0.25, 0.3) is 11.1 Å². The van der Waals surface area contributed by atoms with E-state index in [4.69, 9.17) is 0 Å². The van der Waals surface area contributed by atoms with Gasteiger partial charge in [-0.2, -0.15) is 0 Å². The average Bonchev–Trinajstić information content (AvgIpc) is 2.80. The molecule has 1 nitrogen and oxygen atoms in total. The van der Waals surface area contributed by atoms with Crippen LogP contribution in [-0.2, 0) is 10.8 Å². The maximum Gasteiger partial charge on any atom is 0.0467 e. The molecule has 1 heteroatoms. The number of benzene rings is 4. The molecule has 0 aliphatic rings. The monoisotopic (exact) mass is 433 g/mol. The second-order valence-corrected chi connectivity index (χ2v) is 10.8. The van der Waals surface area contributed by atoms with Crippen LogP contribution >= 0.6 is 0 Å². The van der Waals surface area contributed by atoms with Crippen molar-refractivity contribution in [2.24, 2.45) is 0 Å². The molecule has 0 amide bonds. The molecular weight excluding hydrogens is 398 g/mol. The van der Waals surface area contributed by atoms with Gasteiger partial charge >= 0.3 is 0 Å². The zero-order valence-electron chi connectivity index (χ0n) is 20.8. The van der Waals surface area contributed by atoms with Crippen molar-refractivity contribution < 1.29 is 0 Å². The van der Waals surface area contributed by atoms with Crippen LogP contribution in [0, 0.1) is 0 Å². The summed E-state index contributed by atoms with van der Waals surface area (Å²) in [4.78, 5) is 2.35. The third kappa shape index (κ3) is 5.20. The fourth-order valence-electron chi connectivity index (χ4n) is 4.12. The van der Waals surface area contributed by atoms with Gasteiger partial charge < -0.3 is 4.90 Å². The van der Waals surface area contributed by atoms with Gasteiger partial charge in [0, 0.05) is 17.1 Å². The smallest absolute Gasteiger partial charge is 0.0467 e. The predicted molar refractivity (Wildman–Crippen MR) is 144 cm³/mol. The van der Waals surface area contributed by atoms with Crippen LogP contribution < -0.4 is 4.90 Å². The van der Waals surface area contributed by atoms with Gasteiger partial charge in [0.25, 0.3) is 0 Å². The molecule has 4 rings (SSSR count). The molecule has 0 aliphatic heterocycles. The number of rotatable bonds is 4. The Balaban J connectivity index is 1.82. The van der Waals surface area contributed by atoms with Crippen molar-refractivity contribution in [2.75, 3.05) is 4.90 Å². The Morgan fingerprint density at radius 3 is 1.33 bits per heavy atom. The lowest BCUT2D eigenvalue weighted by atomic mass is 9.86. The molecule has 0 saturated heterocycles. The van der Waals surface area contributed by atoms with Crippen LogP contribution in [0.5, 0.6) is 0 Å². The highest BCUT2D eigenvalue weighted by Crippen LogP contribution is 2.38. The average molecular weight is 434 g/mol. The summed E-state index contributed by atoms with van der Waals surface area (Å²) in [6, 6.07) is 37.4. The van der Waals surface area contributed by atoms with Crippen molar-refractivity contribution in [3.8, 4) is 11.1 Å². The molecule has 168 valence electrons. The third-order valence-corrected chi connectivity index (χ3v) is 6.19. The van der Waals surface area contributed by atoms with Gasteiger partial charge in [0.15, 0.2) is 0 Å². The van der Waals surface area contributed by atoms with Crippen molar-refractivity contribution in [3.63, 3.8) is 0 Å². The molecule has 0 aliphatic carbocycles. The summed E-state index contributed by atoms with van der Waals surface area (Å²) in [6.45, 7) is 13.5. The highest BCUT2D eigenvalue weighted by Gasteiger charge is 2.18. The Kier molecular flexibility index (Phi) is 6.17. The first-order valence-electron chi connectivity index (χ1n) is 11.8. The van der Waals surface area contributed by atoms with Crippen LogP contribution in [0.3, 0.4) is 0 Å². The minimum atomic E-state index is 0.130. The van der Waals surface area contributed by atoms with E-state index in [2.05, 4.69) is 150 Å². The van der Waals surface area contributed by atoms with Gasteiger partial charge in [-0.15, -0.1) is 0 Å². The second-order valence-electron chi connectivity index (χ2n) is 10.8. The molecule has 0 heterocycles. The molecule has 0 radical (unpaired) electrons. The summed E-state index contributed by atoms with van der Waals surface area (Å²) in [5, 5.41) is 0. The van der Waals surface area contributed by atoms with Crippen molar-refractivity contribution >= 4 is 17.1 Å². The Morgan fingerprint density at radius 2 is 0.879 bits per heavy atom. The summed E-state index contributed by atoms with van der Waals surface area (Å²) in [5.74, 6) is 0. The molecular formula is C32H35N. The summed E-state index contributed by atoms with van der Waals surface area (Å²) in [5.41, 5.74) is 8.87. The van der Waals surface area contributed by atoms with Gasteiger partial charge in [-0.1, -0.05) is 108 Å². The van der Waals surface area contributed by atoms with Crippen LogP contribution in [0.1, 0.15) is 52.7 Å². The standard InChI is InChI=1S/C32H35N/c1-31(2,3)26-15-19-28(20-16-26)33(29-21-17-27(18-22-29)32(4,5)6)30-14-10-13-25(23-30)24-11-8-7-9-12-24/h7-23H,1-6H3. The van der Waals surface area contributed by atoms with Gasteiger partial charge in [-0.3, -0.25) is 0 Å². The fourth-order valence-corrected chi connectivity index (χ4v) is 4.12. The lowest BCUT2D eigenvalue weighted by Gasteiger charge is -2.28. The molecule has 0 atom stereocenters. The largest absolute Gasteiger partial charge is 0.310 e. The molecule has 4 aromatic rings. The first kappa shape index (κ1) is 22.9. The maximum absolute atomic E-state index is 2.35. The lowest BCUT2D eigenvalue weighted by Crippen LogP contribution is -2.14. The van der Waals surface area contributed by atoms with Crippen LogP contribution in [0.4, 0.5) is 17.1 Å². The first-order valence-corrected chi connectivity index (χ1v) is 11.8. The molecule has 0 bridgehead atoms. The van der Waals surface area contributed by atoms with E-state index in [1.807, 2.05) is 0 Å². The van der Waals surface area contributed by atoms with Gasteiger partial charge in [-0.05, 0) is 69.5 Å². The van der Waals surface area contributed by atoms with Crippen molar-refractivity contribution in [1.82, 2.24) is 0 Å². The van der Waals surface area contributed by atoms with Crippen molar-refractivity contribution in [3.05, 3.63) is 114 Å².